The maximum absolute atomic E-state index is 14.2. The van der Waals surface area contributed by atoms with Crippen molar-refractivity contribution in [3.05, 3.63) is 81.6 Å². The molecular formula is C30H35N3O2S. The maximum Gasteiger partial charge on any atom is 0.258 e. The first-order valence-corrected chi connectivity index (χ1v) is 14.3. The average molecular weight is 502 g/mol. The van der Waals surface area contributed by atoms with Gasteiger partial charge in [-0.2, -0.15) is 0 Å². The molecule has 2 aliphatic rings. The molecule has 188 valence electrons. The number of unbranched alkanes of at least 4 members (excludes halogenated alkanes) is 1. The summed E-state index contributed by atoms with van der Waals surface area (Å²) >= 11 is 1.38. The summed E-state index contributed by atoms with van der Waals surface area (Å²) in [5.74, 6) is 0.179. The van der Waals surface area contributed by atoms with E-state index in [1.54, 1.807) is 0 Å². The summed E-state index contributed by atoms with van der Waals surface area (Å²) in [6.45, 7) is 3.28. The number of amides is 1. The summed E-state index contributed by atoms with van der Waals surface area (Å²) in [7, 11) is 0. The molecule has 1 aromatic heterocycles. The number of nitrogens with one attached hydrogen (secondary N) is 1. The highest BCUT2D eigenvalue weighted by atomic mass is 32.2. The van der Waals surface area contributed by atoms with E-state index in [4.69, 9.17) is 4.98 Å². The first-order chi connectivity index (χ1) is 17.6. The number of hydrogen-bond acceptors (Lipinski definition) is 4. The van der Waals surface area contributed by atoms with Crippen LogP contribution < -0.4 is 10.9 Å². The molecule has 1 fully saturated rings. The second-order valence-corrected chi connectivity index (χ2v) is 11.1. The predicted octanol–water partition coefficient (Wildman–Crippen LogP) is 5.88. The Morgan fingerprint density at radius 1 is 1.06 bits per heavy atom. The van der Waals surface area contributed by atoms with Gasteiger partial charge in [0.2, 0.25) is 5.91 Å². The molecular weight excluding hydrogens is 466 g/mol. The molecule has 1 N–H and O–H groups in total. The van der Waals surface area contributed by atoms with E-state index in [1.165, 1.54) is 23.7 Å². The standard InChI is InChI=1S/C30H35N3O2S/c1-2-3-18-33-28(35)26-27(24-15-9-8-14-23(24)19-30(26)16-10-5-11-17-30)32-29(33)36-21-25(34)31-20-22-12-6-4-7-13-22/h4,6-9,12-15H,2-3,5,10-11,16-21H2,1H3,(H,31,34). The summed E-state index contributed by atoms with van der Waals surface area (Å²) in [6, 6.07) is 18.3. The van der Waals surface area contributed by atoms with Crippen molar-refractivity contribution in [1.82, 2.24) is 14.9 Å². The van der Waals surface area contributed by atoms with Gasteiger partial charge in [0.25, 0.3) is 5.56 Å². The van der Waals surface area contributed by atoms with Crippen LogP contribution in [0.25, 0.3) is 11.3 Å². The van der Waals surface area contributed by atoms with Crippen LogP contribution in [-0.2, 0) is 29.7 Å². The Morgan fingerprint density at radius 3 is 2.58 bits per heavy atom. The minimum atomic E-state index is -0.115. The number of hydrogen-bond donors (Lipinski definition) is 1. The van der Waals surface area contributed by atoms with Gasteiger partial charge in [-0.25, -0.2) is 4.98 Å². The Balaban J connectivity index is 1.49. The van der Waals surface area contributed by atoms with Gasteiger partial charge in [0.05, 0.1) is 17.0 Å². The van der Waals surface area contributed by atoms with Crippen molar-refractivity contribution in [3.8, 4) is 11.3 Å². The zero-order valence-electron chi connectivity index (χ0n) is 21.1. The van der Waals surface area contributed by atoms with E-state index in [1.807, 2.05) is 41.0 Å². The largest absolute Gasteiger partial charge is 0.351 e. The lowest BCUT2D eigenvalue weighted by atomic mass is 9.62. The van der Waals surface area contributed by atoms with Crippen molar-refractivity contribution in [2.45, 2.75) is 82.0 Å². The average Bonchev–Trinajstić information content (AvgIpc) is 2.91. The van der Waals surface area contributed by atoms with Crippen LogP contribution in [0.4, 0.5) is 0 Å². The molecule has 1 amide bonds. The molecule has 2 aliphatic carbocycles. The Morgan fingerprint density at radius 2 is 1.81 bits per heavy atom. The van der Waals surface area contributed by atoms with Crippen molar-refractivity contribution in [2.75, 3.05) is 5.75 Å². The summed E-state index contributed by atoms with van der Waals surface area (Å²) in [5, 5.41) is 3.65. The van der Waals surface area contributed by atoms with E-state index in [0.29, 0.717) is 18.2 Å². The number of rotatable bonds is 8. The lowest BCUT2D eigenvalue weighted by Gasteiger charge is -2.42. The van der Waals surface area contributed by atoms with Gasteiger partial charge in [0.15, 0.2) is 5.16 Å². The predicted molar refractivity (Wildman–Crippen MR) is 146 cm³/mol. The number of carbonyl (C=O) groups excluding carboxylic acids is 1. The van der Waals surface area contributed by atoms with Crippen LogP contribution in [0.15, 0.2) is 64.5 Å². The van der Waals surface area contributed by atoms with Crippen LogP contribution in [0.5, 0.6) is 0 Å². The van der Waals surface area contributed by atoms with Gasteiger partial charge in [0, 0.05) is 24.1 Å². The highest BCUT2D eigenvalue weighted by Crippen LogP contribution is 2.48. The summed E-state index contributed by atoms with van der Waals surface area (Å²) in [4.78, 5) is 32.0. The van der Waals surface area contributed by atoms with Crippen molar-refractivity contribution in [1.29, 1.82) is 0 Å². The van der Waals surface area contributed by atoms with Crippen molar-refractivity contribution < 1.29 is 4.79 Å². The first kappa shape index (κ1) is 24.8. The minimum absolute atomic E-state index is 0.0537. The lowest BCUT2D eigenvalue weighted by molar-refractivity contribution is -0.118. The van der Waals surface area contributed by atoms with Crippen molar-refractivity contribution >= 4 is 17.7 Å². The third-order valence-electron chi connectivity index (χ3n) is 7.68. The van der Waals surface area contributed by atoms with Gasteiger partial charge in [-0.3, -0.25) is 14.2 Å². The molecule has 2 aromatic carbocycles. The fourth-order valence-electron chi connectivity index (χ4n) is 5.82. The molecule has 3 aromatic rings. The molecule has 5 rings (SSSR count). The molecule has 0 aliphatic heterocycles. The molecule has 0 atom stereocenters. The fraction of sp³-hybridized carbons (Fsp3) is 0.433. The van der Waals surface area contributed by atoms with Crippen LogP contribution in [0, 0.1) is 0 Å². The first-order valence-electron chi connectivity index (χ1n) is 13.3. The molecule has 1 heterocycles. The van der Waals surface area contributed by atoms with Crippen LogP contribution in [0.3, 0.4) is 0 Å². The van der Waals surface area contributed by atoms with Gasteiger partial charge in [-0.15, -0.1) is 0 Å². The minimum Gasteiger partial charge on any atom is -0.351 e. The molecule has 5 nitrogen and oxygen atoms in total. The normalized spacial score (nSPS) is 15.8. The summed E-state index contributed by atoms with van der Waals surface area (Å²) in [6.07, 6.45) is 8.50. The smallest absolute Gasteiger partial charge is 0.258 e. The van der Waals surface area contributed by atoms with E-state index in [2.05, 4.69) is 30.4 Å². The number of aromatic nitrogens is 2. The Hall–Kier alpha value is -2.86. The number of benzene rings is 2. The van der Waals surface area contributed by atoms with Crippen LogP contribution >= 0.6 is 11.8 Å². The Bertz CT molecular complexity index is 1280. The maximum atomic E-state index is 14.2. The Labute approximate surface area is 217 Å². The van der Waals surface area contributed by atoms with Crippen molar-refractivity contribution in [3.63, 3.8) is 0 Å². The molecule has 0 radical (unpaired) electrons. The quantitative estimate of drug-likeness (QED) is 0.309. The molecule has 1 spiro atoms. The molecule has 36 heavy (non-hydrogen) atoms. The molecule has 6 heteroatoms. The van der Waals surface area contributed by atoms with Gasteiger partial charge in [-0.05, 0) is 36.8 Å². The van der Waals surface area contributed by atoms with E-state index in [9.17, 15) is 9.59 Å². The van der Waals surface area contributed by atoms with Gasteiger partial charge in [-0.1, -0.05) is 99.0 Å². The Kier molecular flexibility index (Phi) is 7.61. The number of nitrogens with zero attached hydrogens (tertiary/aromatic N) is 2. The second-order valence-electron chi connectivity index (χ2n) is 10.2. The highest BCUT2D eigenvalue weighted by Gasteiger charge is 2.43. The van der Waals surface area contributed by atoms with E-state index < -0.39 is 0 Å². The number of carbonyl (C=O) groups is 1. The monoisotopic (exact) mass is 501 g/mol. The van der Waals surface area contributed by atoms with Gasteiger partial charge < -0.3 is 5.32 Å². The molecule has 1 saturated carbocycles. The van der Waals surface area contributed by atoms with Crippen LogP contribution in [0.1, 0.15) is 68.6 Å². The van der Waals surface area contributed by atoms with E-state index in [0.717, 1.165) is 67.3 Å². The molecule has 0 bridgehead atoms. The molecule has 0 unspecified atom stereocenters. The summed E-state index contributed by atoms with van der Waals surface area (Å²) < 4.78 is 1.86. The number of thioether (sulfide) groups is 1. The lowest BCUT2D eigenvalue weighted by Crippen LogP contribution is -2.43. The zero-order valence-corrected chi connectivity index (χ0v) is 21.9. The van der Waals surface area contributed by atoms with Crippen LogP contribution in [-0.4, -0.2) is 21.2 Å². The van der Waals surface area contributed by atoms with E-state index in [-0.39, 0.29) is 22.6 Å². The fourth-order valence-corrected chi connectivity index (χ4v) is 6.67. The number of fused-ring (bicyclic) bond motifs is 4. The zero-order chi connectivity index (χ0) is 25.0. The van der Waals surface area contributed by atoms with Gasteiger partial charge >= 0.3 is 0 Å². The molecule has 0 saturated heterocycles. The third kappa shape index (κ3) is 5.01. The van der Waals surface area contributed by atoms with Crippen LogP contribution in [0.2, 0.25) is 0 Å². The topological polar surface area (TPSA) is 64.0 Å². The second kappa shape index (κ2) is 11.0. The summed E-state index contributed by atoms with van der Waals surface area (Å²) in [5.41, 5.74) is 5.21. The third-order valence-corrected chi connectivity index (χ3v) is 8.65. The highest BCUT2D eigenvalue weighted by molar-refractivity contribution is 7.99. The van der Waals surface area contributed by atoms with Crippen molar-refractivity contribution in [2.24, 2.45) is 0 Å². The SMILES string of the molecule is CCCCn1c(SCC(=O)NCc2ccccc2)nc2c(c1=O)C1(CCCCC1)Cc1ccccc1-2. The van der Waals surface area contributed by atoms with E-state index >= 15 is 0 Å². The van der Waals surface area contributed by atoms with Gasteiger partial charge in [0.1, 0.15) is 0 Å².